The maximum absolute atomic E-state index is 12.0. The van der Waals surface area contributed by atoms with E-state index in [1.54, 1.807) is 12.3 Å². The van der Waals surface area contributed by atoms with Gasteiger partial charge in [0.1, 0.15) is 17.8 Å². The number of amides is 1. The first-order valence-electron chi connectivity index (χ1n) is 6.84. The van der Waals surface area contributed by atoms with E-state index in [4.69, 9.17) is 5.73 Å². The van der Waals surface area contributed by atoms with E-state index in [0.29, 0.717) is 11.3 Å². The van der Waals surface area contributed by atoms with Gasteiger partial charge in [0, 0.05) is 18.8 Å². The van der Waals surface area contributed by atoms with Gasteiger partial charge in [-0.25, -0.2) is 15.0 Å². The maximum Gasteiger partial charge on any atom is 0.270 e. The summed E-state index contributed by atoms with van der Waals surface area (Å²) in [5.74, 6) is -0.248. The molecule has 0 aliphatic rings. The Morgan fingerprint density at radius 3 is 2.87 bits per heavy atom. The number of hydrogen-bond acceptors (Lipinski definition) is 7. The number of fused-ring (bicyclic) bond motifs is 1. The minimum atomic E-state index is -0.417. The van der Waals surface area contributed by atoms with Gasteiger partial charge >= 0.3 is 0 Å². The molecule has 0 unspecified atom stereocenters. The highest BCUT2D eigenvalue weighted by molar-refractivity contribution is 5.92. The van der Waals surface area contributed by atoms with Gasteiger partial charge in [0.05, 0.1) is 11.0 Å². The quantitative estimate of drug-likeness (QED) is 0.657. The molecule has 3 rings (SSSR count). The number of pyridine rings is 2. The smallest absolute Gasteiger partial charge is 0.270 e. The highest BCUT2D eigenvalue weighted by Crippen LogP contribution is 2.17. The van der Waals surface area contributed by atoms with Crippen molar-refractivity contribution < 1.29 is 9.90 Å². The molecule has 0 spiro atoms. The molecule has 0 saturated carbocycles. The molecular formula is C15H14N6O2. The summed E-state index contributed by atoms with van der Waals surface area (Å²) in [5, 5.41) is 12.0. The number of carbonyl (C=O) groups is 1. The molecule has 0 aromatic carbocycles. The van der Waals surface area contributed by atoms with Crippen LogP contribution in [0.3, 0.4) is 0 Å². The average Bonchev–Trinajstić information content (AvgIpc) is 2.52. The second-order valence-corrected chi connectivity index (χ2v) is 5.02. The van der Waals surface area contributed by atoms with Crippen molar-refractivity contribution in [1.29, 1.82) is 0 Å². The molecule has 0 bridgehead atoms. The molecular weight excluding hydrogens is 296 g/mol. The third-order valence-corrected chi connectivity index (χ3v) is 3.25. The van der Waals surface area contributed by atoms with Crippen molar-refractivity contribution >= 4 is 22.8 Å². The van der Waals surface area contributed by atoms with Crippen molar-refractivity contribution in [3.63, 3.8) is 0 Å². The maximum atomic E-state index is 12.0. The molecule has 23 heavy (non-hydrogen) atoms. The number of rotatable bonds is 3. The number of aromatic nitrogens is 4. The van der Waals surface area contributed by atoms with Crippen molar-refractivity contribution in [2.24, 2.45) is 0 Å². The van der Waals surface area contributed by atoms with Crippen molar-refractivity contribution in [1.82, 2.24) is 25.3 Å². The van der Waals surface area contributed by atoms with Crippen LogP contribution in [-0.4, -0.2) is 30.9 Å². The van der Waals surface area contributed by atoms with Crippen LogP contribution in [0.15, 0.2) is 30.7 Å². The molecule has 0 aliphatic carbocycles. The van der Waals surface area contributed by atoms with E-state index < -0.39 is 5.91 Å². The number of nitrogen functional groups attached to an aromatic ring is 1. The number of nitrogens with zero attached hydrogens (tertiary/aromatic N) is 4. The summed E-state index contributed by atoms with van der Waals surface area (Å²) < 4.78 is 0. The zero-order chi connectivity index (χ0) is 16.4. The van der Waals surface area contributed by atoms with E-state index in [9.17, 15) is 9.90 Å². The number of carbonyl (C=O) groups excluding carboxylic acids is 1. The SMILES string of the molecule is Cc1cc(N)nc2cc(CNC(=O)c3cc(O)ncn3)cnc12. The fourth-order valence-electron chi connectivity index (χ4n) is 2.19. The van der Waals surface area contributed by atoms with Gasteiger partial charge < -0.3 is 16.2 Å². The summed E-state index contributed by atoms with van der Waals surface area (Å²) in [7, 11) is 0. The van der Waals surface area contributed by atoms with Crippen molar-refractivity contribution in [2.45, 2.75) is 13.5 Å². The monoisotopic (exact) mass is 310 g/mol. The van der Waals surface area contributed by atoms with Crippen LogP contribution in [0.4, 0.5) is 5.82 Å². The van der Waals surface area contributed by atoms with Gasteiger partial charge in [-0.05, 0) is 30.2 Å². The number of nitrogens with two attached hydrogens (primary N) is 1. The van der Waals surface area contributed by atoms with Crippen LogP contribution in [-0.2, 0) is 6.54 Å². The van der Waals surface area contributed by atoms with Gasteiger partial charge in [-0.15, -0.1) is 0 Å². The largest absolute Gasteiger partial charge is 0.493 e. The van der Waals surface area contributed by atoms with Crippen molar-refractivity contribution in [3.8, 4) is 5.88 Å². The van der Waals surface area contributed by atoms with Gasteiger partial charge in [-0.1, -0.05) is 0 Å². The van der Waals surface area contributed by atoms with Gasteiger partial charge in [-0.2, -0.15) is 0 Å². The van der Waals surface area contributed by atoms with Crippen molar-refractivity contribution in [2.75, 3.05) is 5.73 Å². The zero-order valence-corrected chi connectivity index (χ0v) is 12.3. The van der Waals surface area contributed by atoms with Crippen LogP contribution < -0.4 is 11.1 Å². The van der Waals surface area contributed by atoms with E-state index >= 15 is 0 Å². The molecule has 3 heterocycles. The Kier molecular flexibility index (Phi) is 3.71. The van der Waals surface area contributed by atoms with Crippen LogP contribution in [0.25, 0.3) is 11.0 Å². The third-order valence-electron chi connectivity index (χ3n) is 3.25. The van der Waals surface area contributed by atoms with Crippen LogP contribution in [0.1, 0.15) is 21.6 Å². The number of nitrogens with one attached hydrogen (secondary N) is 1. The number of aromatic hydroxyl groups is 1. The molecule has 8 heteroatoms. The Morgan fingerprint density at radius 1 is 1.26 bits per heavy atom. The van der Waals surface area contributed by atoms with Gasteiger partial charge in [0.15, 0.2) is 0 Å². The van der Waals surface area contributed by atoms with E-state index in [0.717, 1.165) is 23.0 Å². The summed E-state index contributed by atoms with van der Waals surface area (Å²) >= 11 is 0. The lowest BCUT2D eigenvalue weighted by Crippen LogP contribution is -2.23. The van der Waals surface area contributed by atoms with Gasteiger partial charge in [0.2, 0.25) is 5.88 Å². The van der Waals surface area contributed by atoms with Crippen LogP contribution in [0.5, 0.6) is 5.88 Å². The first kappa shape index (κ1) is 14.6. The highest BCUT2D eigenvalue weighted by Gasteiger charge is 2.09. The Morgan fingerprint density at radius 2 is 2.09 bits per heavy atom. The zero-order valence-electron chi connectivity index (χ0n) is 12.3. The molecule has 3 aromatic rings. The predicted molar refractivity (Wildman–Crippen MR) is 83.6 cm³/mol. The Hall–Kier alpha value is -3.29. The lowest BCUT2D eigenvalue weighted by molar-refractivity contribution is 0.0945. The average molecular weight is 310 g/mol. The summed E-state index contributed by atoms with van der Waals surface area (Å²) in [6.07, 6.45) is 2.79. The lowest BCUT2D eigenvalue weighted by atomic mass is 10.1. The van der Waals surface area contributed by atoms with Crippen LogP contribution in [0, 0.1) is 6.92 Å². The summed E-state index contributed by atoms with van der Waals surface area (Å²) in [6.45, 7) is 2.17. The van der Waals surface area contributed by atoms with Gasteiger partial charge in [-0.3, -0.25) is 9.78 Å². The second kappa shape index (κ2) is 5.84. The molecule has 0 fully saturated rings. The first-order chi connectivity index (χ1) is 11.0. The molecule has 0 aliphatic heterocycles. The molecule has 8 nitrogen and oxygen atoms in total. The minimum Gasteiger partial charge on any atom is -0.493 e. The predicted octanol–water partition coefficient (Wildman–Crippen LogP) is 0.946. The van der Waals surface area contributed by atoms with E-state index in [1.165, 1.54) is 6.07 Å². The molecule has 1 amide bonds. The Balaban J connectivity index is 1.78. The lowest BCUT2D eigenvalue weighted by Gasteiger charge is -2.07. The van der Waals surface area contributed by atoms with Gasteiger partial charge in [0.25, 0.3) is 5.91 Å². The third kappa shape index (κ3) is 3.15. The minimum absolute atomic E-state index is 0.0875. The number of aryl methyl sites for hydroxylation is 1. The molecule has 0 radical (unpaired) electrons. The molecule has 3 aromatic heterocycles. The van der Waals surface area contributed by atoms with E-state index in [1.807, 2.05) is 13.0 Å². The molecule has 0 saturated heterocycles. The second-order valence-electron chi connectivity index (χ2n) is 5.02. The van der Waals surface area contributed by atoms with Crippen molar-refractivity contribution in [3.05, 3.63) is 47.5 Å². The molecule has 0 atom stereocenters. The van der Waals surface area contributed by atoms with E-state index in [-0.39, 0.29) is 18.1 Å². The van der Waals surface area contributed by atoms with E-state index in [2.05, 4.69) is 25.3 Å². The fraction of sp³-hybridized carbons (Fsp3) is 0.133. The molecule has 4 N–H and O–H groups in total. The Labute approximate surface area is 131 Å². The Bertz CT molecular complexity index is 896. The normalized spacial score (nSPS) is 10.7. The summed E-state index contributed by atoms with van der Waals surface area (Å²) in [5.41, 5.74) is 9.00. The fourth-order valence-corrected chi connectivity index (χ4v) is 2.19. The highest BCUT2D eigenvalue weighted by atomic mass is 16.3. The van der Waals surface area contributed by atoms with Crippen LogP contribution >= 0.6 is 0 Å². The number of anilines is 1. The summed E-state index contributed by atoms with van der Waals surface area (Å²) in [6, 6.07) is 4.78. The topological polar surface area (TPSA) is 127 Å². The van der Waals surface area contributed by atoms with Crippen LogP contribution in [0.2, 0.25) is 0 Å². The standard InChI is InChI=1S/C15H14N6O2/c1-8-2-12(16)21-10-3-9(5-17-14(8)10)6-18-15(23)11-4-13(22)20-7-19-11/h2-5,7H,6H2,1H3,(H2,16,21)(H,18,23)(H,19,20,22). The number of hydrogen-bond donors (Lipinski definition) is 3. The summed E-state index contributed by atoms with van der Waals surface area (Å²) in [4.78, 5) is 27.9. The first-order valence-corrected chi connectivity index (χ1v) is 6.84. The molecule has 116 valence electrons.